The zero-order valence-electron chi connectivity index (χ0n) is 12.5. The quantitative estimate of drug-likeness (QED) is 0.741. The molecule has 1 aromatic carbocycles. The Kier molecular flexibility index (Phi) is 3.25. The average molecular weight is 283 g/mol. The van der Waals surface area contributed by atoms with Crippen molar-refractivity contribution in [3.05, 3.63) is 41.9 Å². The monoisotopic (exact) mass is 283 g/mol. The maximum Gasteiger partial charge on any atom is 0.163 e. The number of hydrogen-bond donors (Lipinski definition) is 0. The maximum atomic E-state index is 5.50. The van der Waals surface area contributed by atoms with Crippen LogP contribution in [0.3, 0.4) is 0 Å². The van der Waals surface area contributed by atoms with Crippen LogP contribution in [0.1, 0.15) is 11.4 Å². The summed E-state index contributed by atoms with van der Waals surface area (Å²) in [7, 11) is 3.29. The summed E-state index contributed by atoms with van der Waals surface area (Å²) in [6.45, 7) is 3.94. The summed E-state index contributed by atoms with van der Waals surface area (Å²) in [6, 6.07) is 7.70. The van der Waals surface area contributed by atoms with Gasteiger partial charge in [0.2, 0.25) is 0 Å². The molecule has 0 unspecified atom stereocenters. The van der Waals surface area contributed by atoms with Crippen molar-refractivity contribution in [2.45, 2.75) is 13.8 Å². The van der Waals surface area contributed by atoms with Gasteiger partial charge in [-0.2, -0.15) is 5.10 Å². The molecular weight excluding hydrogens is 266 g/mol. The lowest BCUT2D eigenvalue weighted by molar-refractivity contribution is 0.395. The van der Waals surface area contributed by atoms with Crippen LogP contribution in [-0.4, -0.2) is 28.8 Å². The van der Waals surface area contributed by atoms with Crippen molar-refractivity contribution in [1.82, 2.24) is 14.6 Å². The van der Waals surface area contributed by atoms with Gasteiger partial charge in [0.1, 0.15) is 11.5 Å². The van der Waals surface area contributed by atoms with Gasteiger partial charge in [-0.3, -0.25) is 0 Å². The summed E-state index contributed by atoms with van der Waals surface area (Å²) in [5.41, 5.74) is 4.64. The Morgan fingerprint density at radius 3 is 2.57 bits per heavy atom. The molecule has 0 aliphatic rings. The zero-order chi connectivity index (χ0) is 15.0. The lowest BCUT2D eigenvalue weighted by Crippen LogP contribution is -1.93. The molecule has 0 fully saturated rings. The number of aryl methyl sites for hydroxylation is 2. The van der Waals surface area contributed by atoms with Gasteiger partial charge in [0.05, 0.1) is 25.5 Å². The molecule has 0 spiro atoms. The van der Waals surface area contributed by atoms with E-state index in [2.05, 4.69) is 10.1 Å². The van der Waals surface area contributed by atoms with Crippen LogP contribution in [-0.2, 0) is 0 Å². The van der Waals surface area contributed by atoms with Crippen LogP contribution in [0.15, 0.2) is 30.5 Å². The van der Waals surface area contributed by atoms with Crippen molar-refractivity contribution in [3.63, 3.8) is 0 Å². The van der Waals surface area contributed by atoms with Crippen LogP contribution >= 0.6 is 0 Å². The van der Waals surface area contributed by atoms with Gasteiger partial charge >= 0.3 is 0 Å². The van der Waals surface area contributed by atoms with Crippen molar-refractivity contribution in [2.75, 3.05) is 14.2 Å². The highest BCUT2D eigenvalue weighted by Crippen LogP contribution is 2.36. The predicted octanol–water partition coefficient (Wildman–Crippen LogP) is 3.03. The van der Waals surface area contributed by atoms with E-state index in [0.29, 0.717) is 0 Å². The molecule has 0 saturated carbocycles. The minimum atomic E-state index is 0.746. The van der Waals surface area contributed by atoms with Gasteiger partial charge in [-0.25, -0.2) is 9.50 Å². The molecule has 0 radical (unpaired) electrons. The van der Waals surface area contributed by atoms with E-state index in [1.165, 1.54) is 0 Å². The second-order valence-corrected chi connectivity index (χ2v) is 4.86. The number of methoxy groups -OCH3 is 2. The molecule has 2 aromatic heterocycles. The zero-order valence-corrected chi connectivity index (χ0v) is 12.5. The van der Waals surface area contributed by atoms with Crippen LogP contribution in [0.5, 0.6) is 11.5 Å². The van der Waals surface area contributed by atoms with E-state index in [1.807, 2.05) is 44.3 Å². The predicted molar refractivity (Wildman–Crippen MR) is 81.0 cm³/mol. The van der Waals surface area contributed by atoms with E-state index in [-0.39, 0.29) is 0 Å². The van der Waals surface area contributed by atoms with Gasteiger partial charge in [0.15, 0.2) is 5.65 Å². The van der Waals surface area contributed by atoms with E-state index < -0.39 is 0 Å². The molecular formula is C16H17N3O2. The first-order valence-electron chi connectivity index (χ1n) is 6.69. The summed E-state index contributed by atoms with van der Waals surface area (Å²) >= 11 is 0. The highest BCUT2D eigenvalue weighted by atomic mass is 16.5. The second-order valence-electron chi connectivity index (χ2n) is 4.86. The number of aromatic nitrogens is 3. The van der Waals surface area contributed by atoms with Crippen LogP contribution in [0, 0.1) is 13.8 Å². The second kappa shape index (κ2) is 5.09. The van der Waals surface area contributed by atoms with E-state index in [9.17, 15) is 0 Å². The molecule has 0 saturated heterocycles. The third-order valence-electron chi connectivity index (χ3n) is 3.48. The molecule has 0 aliphatic carbocycles. The topological polar surface area (TPSA) is 48.7 Å². The molecule has 3 rings (SSSR count). The minimum absolute atomic E-state index is 0.746. The van der Waals surface area contributed by atoms with Crippen molar-refractivity contribution < 1.29 is 9.47 Å². The van der Waals surface area contributed by atoms with Gasteiger partial charge < -0.3 is 9.47 Å². The smallest absolute Gasteiger partial charge is 0.163 e. The van der Waals surface area contributed by atoms with Crippen LogP contribution in [0.2, 0.25) is 0 Å². The fraction of sp³-hybridized carbons (Fsp3) is 0.250. The summed E-state index contributed by atoms with van der Waals surface area (Å²) in [5.74, 6) is 1.50. The number of rotatable bonds is 3. The Morgan fingerprint density at radius 2 is 1.86 bits per heavy atom. The Bertz CT molecular complexity index is 809. The average Bonchev–Trinajstić information content (AvgIpc) is 2.81. The van der Waals surface area contributed by atoms with E-state index >= 15 is 0 Å². The lowest BCUT2D eigenvalue weighted by atomic mass is 10.0. The standard InChI is InChI=1S/C16H17N3O2/c1-10-7-8-19-16(17-10)15(11(2)18-19)13-6-5-12(20-3)9-14(13)21-4/h5-9H,1-4H3. The summed E-state index contributed by atoms with van der Waals surface area (Å²) in [5, 5.41) is 4.52. The van der Waals surface area contributed by atoms with Crippen LogP contribution in [0.4, 0.5) is 0 Å². The van der Waals surface area contributed by atoms with Crippen molar-refractivity contribution >= 4 is 5.65 Å². The molecule has 2 heterocycles. The number of fused-ring (bicyclic) bond motifs is 1. The minimum Gasteiger partial charge on any atom is -0.497 e. The van der Waals surface area contributed by atoms with Gasteiger partial charge in [0.25, 0.3) is 0 Å². The SMILES string of the molecule is COc1ccc(-c2c(C)nn3ccc(C)nc23)c(OC)c1. The first-order chi connectivity index (χ1) is 10.1. The molecule has 108 valence electrons. The summed E-state index contributed by atoms with van der Waals surface area (Å²) in [4.78, 5) is 4.60. The van der Waals surface area contributed by atoms with Crippen molar-refractivity contribution in [1.29, 1.82) is 0 Å². The first kappa shape index (κ1) is 13.4. The fourth-order valence-corrected chi connectivity index (χ4v) is 2.45. The Labute approximate surface area is 123 Å². The number of ether oxygens (including phenoxy) is 2. The van der Waals surface area contributed by atoms with Crippen LogP contribution in [0.25, 0.3) is 16.8 Å². The molecule has 21 heavy (non-hydrogen) atoms. The van der Waals surface area contributed by atoms with Crippen molar-refractivity contribution in [3.8, 4) is 22.6 Å². The molecule has 0 amide bonds. The van der Waals surface area contributed by atoms with E-state index in [4.69, 9.17) is 9.47 Å². The Morgan fingerprint density at radius 1 is 1.05 bits per heavy atom. The largest absolute Gasteiger partial charge is 0.497 e. The molecule has 0 aliphatic heterocycles. The Hall–Kier alpha value is -2.56. The molecule has 3 aromatic rings. The highest BCUT2D eigenvalue weighted by Gasteiger charge is 2.17. The van der Waals surface area contributed by atoms with Gasteiger partial charge in [-0.1, -0.05) is 0 Å². The molecule has 5 nitrogen and oxygen atoms in total. The third-order valence-corrected chi connectivity index (χ3v) is 3.48. The molecule has 0 atom stereocenters. The normalized spacial score (nSPS) is 10.9. The number of nitrogens with zero attached hydrogens (tertiary/aromatic N) is 3. The number of hydrogen-bond acceptors (Lipinski definition) is 4. The lowest BCUT2D eigenvalue weighted by Gasteiger charge is -2.10. The maximum absolute atomic E-state index is 5.50. The first-order valence-corrected chi connectivity index (χ1v) is 6.69. The molecule has 0 bridgehead atoms. The molecule has 5 heteroatoms. The van der Waals surface area contributed by atoms with Gasteiger partial charge in [0, 0.05) is 23.5 Å². The van der Waals surface area contributed by atoms with Crippen molar-refractivity contribution in [2.24, 2.45) is 0 Å². The van der Waals surface area contributed by atoms with Crippen LogP contribution < -0.4 is 9.47 Å². The number of benzene rings is 1. The van der Waals surface area contributed by atoms with Gasteiger partial charge in [-0.15, -0.1) is 0 Å². The van der Waals surface area contributed by atoms with Gasteiger partial charge in [-0.05, 0) is 32.0 Å². The molecule has 0 N–H and O–H groups in total. The summed E-state index contributed by atoms with van der Waals surface area (Å²) in [6.07, 6.45) is 1.92. The Balaban J connectivity index is 2.29. The highest BCUT2D eigenvalue weighted by molar-refractivity contribution is 5.84. The van der Waals surface area contributed by atoms with E-state index in [1.54, 1.807) is 18.7 Å². The summed E-state index contributed by atoms with van der Waals surface area (Å²) < 4.78 is 12.5. The fourth-order valence-electron chi connectivity index (χ4n) is 2.45. The van der Waals surface area contributed by atoms with E-state index in [0.717, 1.165) is 39.7 Å². The third kappa shape index (κ3) is 2.20.